The summed E-state index contributed by atoms with van der Waals surface area (Å²) < 4.78 is 17.9. The second-order valence-electron chi connectivity index (χ2n) is 7.21. The number of benzene rings is 2. The van der Waals surface area contributed by atoms with E-state index in [1.54, 1.807) is 38.0 Å². The third-order valence-corrected chi connectivity index (χ3v) is 5.27. The molecule has 1 aliphatic rings. The number of nitrogens with two attached hydrogens (primary N) is 1. The lowest BCUT2D eigenvalue weighted by Crippen LogP contribution is -2.31. The van der Waals surface area contributed by atoms with Gasteiger partial charge in [0, 0.05) is 11.3 Å². The highest BCUT2D eigenvalue weighted by atomic mass is 16.5. The highest BCUT2D eigenvalue weighted by Crippen LogP contribution is 2.37. The molecule has 2 heterocycles. The second kappa shape index (κ2) is 8.62. The van der Waals surface area contributed by atoms with E-state index in [-0.39, 0.29) is 0 Å². The number of amides is 1. The summed E-state index contributed by atoms with van der Waals surface area (Å²) in [6.45, 7) is 4.30. The number of carbonyl (C=O) groups is 1. The van der Waals surface area contributed by atoms with Crippen LogP contribution in [0.4, 0.5) is 5.95 Å². The summed E-state index contributed by atoms with van der Waals surface area (Å²) in [5, 5.41) is 7.86. The van der Waals surface area contributed by atoms with Crippen LogP contribution in [-0.4, -0.2) is 41.5 Å². The zero-order chi connectivity index (χ0) is 22.8. The number of ether oxygens (including phenoxy) is 3. The Morgan fingerprint density at radius 3 is 2.47 bits per heavy atom. The van der Waals surface area contributed by atoms with Crippen molar-refractivity contribution in [1.82, 2.24) is 14.8 Å². The number of allylic oxidation sites excluding steroid dienone is 1. The Balaban J connectivity index is 1.81. The van der Waals surface area contributed by atoms with Crippen LogP contribution < -0.4 is 25.3 Å². The maximum atomic E-state index is 12.4. The van der Waals surface area contributed by atoms with Gasteiger partial charge in [0.25, 0.3) is 0 Å². The molecule has 2 aromatic carbocycles. The second-order valence-corrected chi connectivity index (χ2v) is 7.21. The number of hydrogen-bond acceptors (Lipinski definition) is 7. The first-order valence-electron chi connectivity index (χ1n) is 10.2. The van der Waals surface area contributed by atoms with E-state index in [0.717, 1.165) is 16.9 Å². The molecule has 3 aromatic rings. The molecule has 9 heteroatoms. The SMILES string of the molecule is CCOc1ccc([C@H]2C(C(N)=O)=C(C)Nc3nc(-c4ccc(OC)c(OC)c4)nn32)cc1. The number of carbonyl (C=O) groups excluding carboxylic acids is 1. The number of hydrogen-bond donors (Lipinski definition) is 2. The molecule has 0 unspecified atom stereocenters. The molecular weight excluding hydrogens is 410 g/mol. The van der Waals surface area contributed by atoms with Gasteiger partial charge in [0.15, 0.2) is 17.3 Å². The third-order valence-electron chi connectivity index (χ3n) is 5.27. The van der Waals surface area contributed by atoms with Crippen molar-refractivity contribution in [2.45, 2.75) is 19.9 Å². The van der Waals surface area contributed by atoms with E-state index in [0.29, 0.717) is 41.1 Å². The van der Waals surface area contributed by atoms with Crippen molar-refractivity contribution in [3.8, 4) is 28.6 Å². The highest BCUT2D eigenvalue weighted by Gasteiger charge is 2.33. The first-order chi connectivity index (χ1) is 15.5. The largest absolute Gasteiger partial charge is 0.494 e. The van der Waals surface area contributed by atoms with Gasteiger partial charge >= 0.3 is 0 Å². The van der Waals surface area contributed by atoms with Crippen molar-refractivity contribution >= 4 is 11.9 Å². The molecule has 0 spiro atoms. The number of primary amides is 1. The number of aromatic nitrogens is 3. The van der Waals surface area contributed by atoms with E-state index < -0.39 is 11.9 Å². The molecule has 0 bridgehead atoms. The van der Waals surface area contributed by atoms with Gasteiger partial charge < -0.3 is 25.3 Å². The zero-order valence-electron chi connectivity index (χ0n) is 18.4. The van der Waals surface area contributed by atoms with Crippen LogP contribution in [0.2, 0.25) is 0 Å². The molecule has 0 radical (unpaired) electrons. The number of anilines is 1. The van der Waals surface area contributed by atoms with E-state index in [4.69, 9.17) is 25.0 Å². The topological polar surface area (TPSA) is 114 Å². The summed E-state index contributed by atoms with van der Waals surface area (Å²) in [5.41, 5.74) is 8.40. The molecule has 1 aliphatic heterocycles. The lowest BCUT2D eigenvalue weighted by Gasteiger charge is -2.27. The number of nitrogens with one attached hydrogen (secondary N) is 1. The molecule has 4 rings (SSSR count). The van der Waals surface area contributed by atoms with E-state index in [9.17, 15) is 4.79 Å². The van der Waals surface area contributed by atoms with Crippen LogP contribution in [0.5, 0.6) is 17.2 Å². The van der Waals surface area contributed by atoms with Gasteiger partial charge in [0.2, 0.25) is 11.9 Å². The molecule has 0 saturated heterocycles. The lowest BCUT2D eigenvalue weighted by molar-refractivity contribution is -0.115. The minimum atomic E-state index is -0.527. The average Bonchev–Trinajstić information content (AvgIpc) is 3.21. The van der Waals surface area contributed by atoms with Crippen molar-refractivity contribution in [3.05, 3.63) is 59.3 Å². The van der Waals surface area contributed by atoms with Crippen molar-refractivity contribution in [2.75, 3.05) is 26.1 Å². The first kappa shape index (κ1) is 21.2. The van der Waals surface area contributed by atoms with Gasteiger partial charge in [-0.15, -0.1) is 5.10 Å². The zero-order valence-corrected chi connectivity index (χ0v) is 18.4. The molecule has 9 nitrogen and oxygen atoms in total. The van der Waals surface area contributed by atoms with Gasteiger partial charge in [0.05, 0.1) is 26.4 Å². The van der Waals surface area contributed by atoms with E-state index >= 15 is 0 Å². The third kappa shape index (κ3) is 3.73. The van der Waals surface area contributed by atoms with Crippen molar-refractivity contribution in [3.63, 3.8) is 0 Å². The Bertz CT molecular complexity index is 1180. The summed E-state index contributed by atoms with van der Waals surface area (Å²) in [6, 6.07) is 12.5. The number of rotatable bonds is 7. The Kier molecular flexibility index (Phi) is 5.72. The number of methoxy groups -OCH3 is 2. The maximum Gasteiger partial charge on any atom is 0.248 e. The molecule has 1 atom stereocenters. The summed E-state index contributed by atoms with van der Waals surface area (Å²) in [7, 11) is 3.15. The first-order valence-corrected chi connectivity index (χ1v) is 10.2. The Morgan fingerprint density at radius 2 is 1.84 bits per heavy atom. The fraction of sp³-hybridized carbons (Fsp3) is 0.261. The van der Waals surface area contributed by atoms with Crippen LogP contribution in [0, 0.1) is 0 Å². The normalized spacial score (nSPS) is 15.1. The molecule has 166 valence electrons. The van der Waals surface area contributed by atoms with Crippen molar-refractivity contribution in [1.29, 1.82) is 0 Å². The molecule has 1 aromatic heterocycles. The van der Waals surface area contributed by atoms with Crippen LogP contribution in [0.25, 0.3) is 11.4 Å². The average molecular weight is 435 g/mol. The van der Waals surface area contributed by atoms with Crippen molar-refractivity contribution < 1.29 is 19.0 Å². The minimum Gasteiger partial charge on any atom is -0.494 e. The van der Waals surface area contributed by atoms with E-state index in [1.165, 1.54) is 0 Å². The number of nitrogens with zero attached hydrogens (tertiary/aromatic N) is 3. The summed E-state index contributed by atoms with van der Waals surface area (Å²) >= 11 is 0. The molecule has 3 N–H and O–H groups in total. The summed E-state index contributed by atoms with van der Waals surface area (Å²) in [5.74, 6) is 2.39. The smallest absolute Gasteiger partial charge is 0.248 e. The maximum absolute atomic E-state index is 12.4. The van der Waals surface area contributed by atoms with Crippen LogP contribution in [-0.2, 0) is 4.79 Å². The molecular formula is C23H25N5O4. The predicted octanol–water partition coefficient (Wildman–Crippen LogP) is 3.14. The van der Waals surface area contributed by atoms with Gasteiger partial charge in [0.1, 0.15) is 11.8 Å². The van der Waals surface area contributed by atoms with Crippen LogP contribution >= 0.6 is 0 Å². The standard InChI is InChI=1S/C23H25N5O4/c1-5-32-16-9-6-14(7-10-16)20-19(21(24)29)13(2)25-23-26-22(27-28(20)23)15-8-11-17(30-3)18(12-15)31-4/h6-12,20H,5H2,1-4H3,(H2,24,29)(H,25,26,27)/t20-/m0/s1. The monoisotopic (exact) mass is 435 g/mol. The van der Waals surface area contributed by atoms with Crippen molar-refractivity contribution in [2.24, 2.45) is 5.73 Å². The molecule has 1 amide bonds. The lowest BCUT2D eigenvalue weighted by atomic mass is 9.95. The minimum absolute atomic E-state index is 0.422. The number of fused-ring (bicyclic) bond motifs is 1. The molecule has 0 saturated carbocycles. The highest BCUT2D eigenvalue weighted by molar-refractivity contribution is 5.95. The predicted molar refractivity (Wildman–Crippen MR) is 120 cm³/mol. The van der Waals surface area contributed by atoms with Gasteiger partial charge in [-0.05, 0) is 49.7 Å². The van der Waals surface area contributed by atoms with Gasteiger partial charge in [-0.3, -0.25) is 4.79 Å². The van der Waals surface area contributed by atoms with Gasteiger partial charge in [-0.2, -0.15) is 4.98 Å². The van der Waals surface area contributed by atoms with Crippen LogP contribution in [0.1, 0.15) is 25.5 Å². The fourth-order valence-electron chi connectivity index (χ4n) is 3.79. The van der Waals surface area contributed by atoms with Gasteiger partial charge in [-0.1, -0.05) is 12.1 Å². The molecule has 32 heavy (non-hydrogen) atoms. The Labute approximate surface area is 185 Å². The quantitative estimate of drug-likeness (QED) is 0.586. The summed E-state index contributed by atoms with van der Waals surface area (Å²) in [6.07, 6.45) is 0. The van der Waals surface area contributed by atoms with E-state index in [2.05, 4.69) is 10.3 Å². The van der Waals surface area contributed by atoms with Crippen LogP contribution in [0.3, 0.4) is 0 Å². The van der Waals surface area contributed by atoms with Gasteiger partial charge in [-0.25, -0.2) is 4.68 Å². The molecule has 0 aliphatic carbocycles. The molecule has 0 fully saturated rings. The Hall–Kier alpha value is -4.01. The van der Waals surface area contributed by atoms with E-state index in [1.807, 2.05) is 37.3 Å². The van der Waals surface area contributed by atoms with Crippen LogP contribution in [0.15, 0.2) is 53.7 Å². The fourth-order valence-corrected chi connectivity index (χ4v) is 3.79. The Morgan fingerprint density at radius 1 is 1.12 bits per heavy atom. The summed E-state index contributed by atoms with van der Waals surface area (Å²) in [4.78, 5) is 17.0.